The van der Waals surface area contributed by atoms with E-state index < -0.39 is 12.1 Å². The van der Waals surface area contributed by atoms with Crippen LogP contribution in [-0.4, -0.2) is 16.5 Å². The topological polar surface area (TPSA) is 61.4 Å². The number of rotatable bonds is 0. The number of hydrogen-bond donors (Lipinski definition) is 2. The highest BCUT2D eigenvalue weighted by Crippen LogP contribution is 1.96. The summed E-state index contributed by atoms with van der Waals surface area (Å²) in [7, 11) is 0. The summed E-state index contributed by atoms with van der Waals surface area (Å²) in [6.07, 6.45) is 0. The van der Waals surface area contributed by atoms with Crippen molar-refractivity contribution >= 4 is 47.4 Å². The summed E-state index contributed by atoms with van der Waals surface area (Å²) >= 11 is 14.6. The summed E-state index contributed by atoms with van der Waals surface area (Å²) < 4.78 is 0.153. The van der Waals surface area contributed by atoms with Crippen LogP contribution in [0, 0.1) is 0 Å². The van der Waals surface area contributed by atoms with Gasteiger partial charge in [-0.25, -0.2) is 19.3 Å². The monoisotopic (exact) mass is 205 g/mol. The summed E-state index contributed by atoms with van der Waals surface area (Å²) in [4.78, 5) is 23.9. The van der Waals surface area contributed by atoms with Crippen LogP contribution in [0.15, 0.2) is 0 Å². The first-order chi connectivity index (χ1) is 4.63. The van der Waals surface area contributed by atoms with Gasteiger partial charge in [0.1, 0.15) is 0 Å². The molecule has 0 saturated heterocycles. The molecule has 0 aliphatic rings. The number of halogens is 3. The van der Waals surface area contributed by atoms with Gasteiger partial charge in [-0.05, 0) is 0 Å². The van der Waals surface area contributed by atoms with Gasteiger partial charge in [-0.15, -0.1) is 4.42 Å². The molecule has 0 heterocycles. The quantitative estimate of drug-likeness (QED) is 0.585. The van der Waals surface area contributed by atoms with Gasteiger partial charge in [-0.2, -0.15) is 0 Å². The lowest BCUT2D eigenvalue weighted by Gasteiger charge is -2.06. The third-order valence-corrected chi connectivity index (χ3v) is 1.15. The third-order valence-electron chi connectivity index (χ3n) is 0.518. The molecule has 4 amide bonds. The molecule has 0 aliphatic heterocycles. The molecule has 10 heavy (non-hydrogen) atoms. The molecule has 0 aromatic carbocycles. The lowest BCUT2D eigenvalue weighted by Crippen LogP contribution is -2.37. The van der Waals surface area contributed by atoms with E-state index in [1.807, 2.05) is 0 Å². The van der Waals surface area contributed by atoms with Gasteiger partial charge in [0.15, 0.2) is 0 Å². The summed E-state index contributed by atoms with van der Waals surface area (Å²) in [6, 6.07) is -1.97. The molecular formula is C2H2Cl3N3O2. The SMILES string of the molecule is O=C(NCl)N(Cl)C(=O)NCl. The number of urea groups is 2. The van der Waals surface area contributed by atoms with Crippen molar-refractivity contribution in [3.8, 4) is 0 Å². The second-order valence-corrected chi connectivity index (χ2v) is 1.80. The first-order valence-corrected chi connectivity index (χ1v) is 3.00. The molecule has 0 spiro atoms. The number of carbonyl (C=O) groups excluding carboxylic acids is 2. The fourth-order valence-corrected chi connectivity index (χ4v) is 0.506. The van der Waals surface area contributed by atoms with E-state index in [0.717, 1.165) is 0 Å². The molecule has 0 saturated carbocycles. The molecule has 0 fully saturated rings. The van der Waals surface area contributed by atoms with Crippen LogP contribution in [0.3, 0.4) is 0 Å². The highest BCUT2D eigenvalue weighted by molar-refractivity contribution is 6.36. The van der Waals surface area contributed by atoms with E-state index in [-0.39, 0.29) is 4.42 Å². The molecule has 8 heteroatoms. The second-order valence-electron chi connectivity index (χ2n) is 1.08. The summed E-state index contributed by atoms with van der Waals surface area (Å²) in [5.41, 5.74) is 0. The third kappa shape index (κ3) is 2.47. The van der Waals surface area contributed by atoms with Crippen LogP contribution in [0.5, 0.6) is 0 Å². The van der Waals surface area contributed by atoms with Crippen LogP contribution < -0.4 is 9.67 Å². The Morgan fingerprint density at radius 2 is 1.40 bits per heavy atom. The zero-order valence-corrected chi connectivity index (χ0v) is 6.67. The van der Waals surface area contributed by atoms with Crippen molar-refractivity contribution < 1.29 is 9.59 Å². The molecule has 0 aromatic rings. The molecule has 0 rings (SSSR count). The number of carbonyl (C=O) groups is 2. The van der Waals surface area contributed by atoms with E-state index in [2.05, 4.69) is 0 Å². The average molecular weight is 206 g/mol. The van der Waals surface area contributed by atoms with Crippen molar-refractivity contribution in [3.05, 3.63) is 0 Å². The zero-order valence-electron chi connectivity index (χ0n) is 4.40. The van der Waals surface area contributed by atoms with E-state index in [0.29, 0.717) is 0 Å². The number of imide groups is 1. The first kappa shape index (κ1) is 9.61. The Balaban J connectivity index is 3.94. The van der Waals surface area contributed by atoms with Gasteiger partial charge in [0.2, 0.25) is 0 Å². The van der Waals surface area contributed by atoms with Crippen LogP contribution in [0.25, 0.3) is 0 Å². The van der Waals surface area contributed by atoms with Crippen molar-refractivity contribution in [1.29, 1.82) is 0 Å². The molecule has 0 unspecified atom stereocenters. The van der Waals surface area contributed by atoms with Gasteiger partial charge in [0, 0.05) is 35.3 Å². The van der Waals surface area contributed by atoms with E-state index in [9.17, 15) is 9.59 Å². The van der Waals surface area contributed by atoms with Crippen LogP contribution in [0.4, 0.5) is 9.59 Å². The highest BCUT2D eigenvalue weighted by atomic mass is 35.5. The minimum Gasteiger partial charge on any atom is -0.248 e. The molecule has 0 aromatic heterocycles. The van der Waals surface area contributed by atoms with E-state index >= 15 is 0 Å². The molecule has 2 N–H and O–H groups in total. The first-order valence-electron chi connectivity index (χ1n) is 1.90. The summed E-state index contributed by atoms with van der Waals surface area (Å²) in [5.74, 6) is 0. The number of amides is 4. The van der Waals surface area contributed by atoms with Crippen molar-refractivity contribution in [3.63, 3.8) is 0 Å². The summed E-state index contributed by atoms with van der Waals surface area (Å²) in [5, 5.41) is 0. The van der Waals surface area contributed by atoms with Gasteiger partial charge >= 0.3 is 12.1 Å². The average Bonchev–Trinajstić information content (AvgIpc) is 2.00. The van der Waals surface area contributed by atoms with Gasteiger partial charge in [-0.1, -0.05) is 0 Å². The van der Waals surface area contributed by atoms with Crippen molar-refractivity contribution in [2.24, 2.45) is 0 Å². The fraction of sp³-hybridized carbons (Fsp3) is 0. The van der Waals surface area contributed by atoms with Crippen LogP contribution in [0.1, 0.15) is 0 Å². The number of nitrogens with zero attached hydrogens (tertiary/aromatic N) is 1. The standard InChI is InChI=1S/C2H2Cl3N3O2/c3-6-1(9)8(5)2(10)7-4/h(H,6,9)(H,7,10). The van der Waals surface area contributed by atoms with Crippen LogP contribution >= 0.6 is 35.3 Å². The van der Waals surface area contributed by atoms with Gasteiger partial charge in [0.05, 0.1) is 0 Å². The maximum absolute atomic E-state index is 10.3. The maximum atomic E-state index is 10.3. The Kier molecular flexibility index (Phi) is 4.26. The maximum Gasteiger partial charge on any atom is 0.355 e. The molecule has 0 radical (unpaired) electrons. The van der Waals surface area contributed by atoms with E-state index in [1.165, 1.54) is 0 Å². The molecular weight excluding hydrogens is 204 g/mol. The van der Waals surface area contributed by atoms with Crippen LogP contribution in [0.2, 0.25) is 0 Å². The van der Waals surface area contributed by atoms with Crippen molar-refractivity contribution in [2.45, 2.75) is 0 Å². The van der Waals surface area contributed by atoms with E-state index in [1.54, 1.807) is 9.67 Å². The Morgan fingerprint density at radius 1 is 1.10 bits per heavy atom. The highest BCUT2D eigenvalue weighted by Gasteiger charge is 2.17. The smallest absolute Gasteiger partial charge is 0.248 e. The zero-order chi connectivity index (χ0) is 8.15. The van der Waals surface area contributed by atoms with Crippen molar-refractivity contribution in [2.75, 3.05) is 0 Å². The van der Waals surface area contributed by atoms with Gasteiger partial charge < -0.3 is 0 Å². The van der Waals surface area contributed by atoms with Crippen LogP contribution in [-0.2, 0) is 0 Å². The lowest BCUT2D eigenvalue weighted by molar-refractivity contribution is 0.215. The van der Waals surface area contributed by atoms with Gasteiger partial charge in [-0.3, -0.25) is 0 Å². The molecule has 0 bridgehead atoms. The second kappa shape index (κ2) is 4.43. The largest absolute Gasteiger partial charge is 0.355 e. The number of hydrogen-bond acceptors (Lipinski definition) is 2. The van der Waals surface area contributed by atoms with Gasteiger partial charge in [0.25, 0.3) is 0 Å². The Bertz CT molecular complexity index is 135. The normalized spacial score (nSPS) is 8.30. The Labute approximate surface area is 71.5 Å². The van der Waals surface area contributed by atoms with E-state index in [4.69, 9.17) is 35.3 Å². The molecule has 0 atom stereocenters. The lowest BCUT2D eigenvalue weighted by atomic mass is 10.9. The minimum atomic E-state index is -0.985. The predicted molar refractivity (Wildman–Crippen MR) is 36.5 cm³/mol. The van der Waals surface area contributed by atoms with Crippen molar-refractivity contribution in [1.82, 2.24) is 14.1 Å². The molecule has 5 nitrogen and oxygen atoms in total. The Morgan fingerprint density at radius 3 is 1.60 bits per heavy atom. The molecule has 58 valence electrons. The minimum absolute atomic E-state index is 0.153. The Hall–Kier alpha value is -0.390. The predicted octanol–water partition coefficient (Wildman–Crippen LogP) is 1.17. The number of nitrogens with one attached hydrogen (secondary N) is 2. The summed E-state index contributed by atoms with van der Waals surface area (Å²) in [6.45, 7) is 0. The fourth-order valence-electron chi connectivity index (χ4n) is 0.166. The molecule has 0 aliphatic carbocycles.